The van der Waals surface area contributed by atoms with Crippen LogP contribution in [-0.2, 0) is 5.41 Å². The largest absolute Gasteiger partial charge is 0.492 e. The standard InChI is InChI=1S/C20H33NO/c1-5-20(2,3)17-11-13-19(14-12-17)22-16-15-21(4)18-9-7-6-8-10-18/h11-14,18H,5-10,15-16H2,1-4H3. The molecule has 2 rings (SSSR count). The van der Waals surface area contributed by atoms with Gasteiger partial charge in [-0.25, -0.2) is 0 Å². The molecule has 1 aromatic rings. The number of hydrogen-bond donors (Lipinski definition) is 0. The molecule has 0 spiro atoms. The van der Waals surface area contributed by atoms with Crippen molar-refractivity contribution in [2.45, 2.75) is 70.8 Å². The van der Waals surface area contributed by atoms with Crippen molar-refractivity contribution in [3.63, 3.8) is 0 Å². The van der Waals surface area contributed by atoms with Gasteiger partial charge in [0.15, 0.2) is 0 Å². The minimum Gasteiger partial charge on any atom is -0.492 e. The molecule has 2 heteroatoms. The minimum absolute atomic E-state index is 0.250. The molecule has 0 radical (unpaired) electrons. The van der Waals surface area contributed by atoms with Gasteiger partial charge in [-0.2, -0.15) is 0 Å². The van der Waals surface area contributed by atoms with Crippen LogP contribution in [0.3, 0.4) is 0 Å². The lowest BCUT2D eigenvalue weighted by Crippen LogP contribution is -2.36. The number of rotatable bonds is 7. The molecule has 124 valence electrons. The Morgan fingerprint density at radius 1 is 1.09 bits per heavy atom. The number of benzene rings is 1. The van der Waals surface area contributed by atoms with Gasteiger partial charge in [0.2, 0.25) is 0 Å². The van der Waals surface area contributed by atoms with Crippen molar-refractivity contribution in [1.29, 1.82) is 0 Å². The molecule has 0 N–H and O–H groups in total. The van der Waals surface area contributed by atoms with Gasteiger partial charge in [-0.3, -0.25) is 0 Å². The van der Waals surface area contributed by atoms with E-state index in [4.69, 9.17) is 4.74 Å². The van der Waals surface area contributed by atoms with Crippen LogP contribution in [0.2, 0.25) is 0 Å². The van der Waals surface area contributed by atoms with Crippen LogP contribution in [-0.4, -0.2) is 31.1 Å². The third-order valence-electron chi connectivity index (χ3n) is 5.43. The highest BCUT2D eigenvalue weighted by Gasteiger charge is 2.18. The molecule has 0 unspecified atom stereocenters. The van der Waals surface area contributed by atoms with E-state index in [9.17, 15) is 0 Å². The molecule has 1 aromatic carbocycles. The van der Waals surface area contributed by atoms with Crippen molar-refractivity contribution < 1.29 is 4.74 Å². The summed E-state index contributed by atoms with van der Waals surface area (Å²) in [6.45, 7) is 8.63. The van der Waals surface area contributed by atoms with Crippen molar-refractivity contribution in [2.75, 3.05) is 20.2 Å². The van der Waals surface area contributed by atoms with Crippen molar-refractivity contribution in [3.05, 3.63) is 29.8 Å². The average molecular weight is 303 g/mol. The monoisotopic (exact) mass is 303 g/mol. The van der Waals surface area contributed by atoms with Crippen LogP contribution in [0.25, 0.3) is 0 Å². The zero-order valence-corrected chi connectivity index (χ0v) is 14.9. The SMILES string of the molecule is CCC(C)(C)c1ccc(OCCN(C)C2CCCCC2)cc1. The van der Waals surface area contributed by atoms with E-state index >= 15 is 0 Å². The zero-order valence-electron chi connectivity index (χ0n) is 14.9. The van der Waals surface area contributed by atoms with Gasteiger partial charge in [0.1, 0.15) is 12.4 Å². The molecule has 0 aliphatic heterocycles. The molecular weight excluding hydrogens is 270 g/mol. The fourth-order valence-corrected chi connectivity index (χ4v) is 3.22. The summed E-state index contributed by atoms with van der Waals surface area (Å²) >= 11 is 0. The first-order valence-corrected chi connectivity index (χ1v) is 8.96. The van der Waals surface area contributed by atoms with Crippen LogP contribution in [0.5, 0.6) is 5.75 Å². The lowest BCUT2D eigenvalue weighted by molar-refractivity contribution is 0.160. The number of ether oxygens (including phenoxy) is 1. The normalized spacial score (nSPS) is 17.0. The molecular formula is C20H33NO. The zero-order chi connectivity index (χ0) is 16.0. The van der Waals surface area contributed by atoms with Crippen LogP contribution in [0, 0.1) is 0 Å². The van der Waals surface area contributed by atoms with E-state index in [0.717, 1.165) is 31.4 Å². The maximum atomic E-state index is 5.93. The van der Waals surface area contributed by atoms with Gasteiger partial charge in [0.05, 0.1) is 0 Å². The molecule has 1 aliphatic rings. The lowest BCUT2D eigenvalue weighted by Gasteiger charge is -2.31. The third-order valence-corrected chi connectivity index (χ3v) is 5.43. The summed E-state index contributed by atoms with van der Waals surface area (Å²) in [5.74, 6) is 0.993. The minimum atomic E-state index is 0.250. The van der Waals surface area contributed by atoms with E-state index in [-0.39, 0.29) is 5.41 Å². The fraction of sp³-hybridized carbons (Fsp3) is 0.700. The Hall–Kier alpha value is -1.02. The quantitative estimate of drug-likeness (QED) is 0.701. The Labute approximate surface area is 136 Å². The smallest absolute Gasteiger partial charge is 0.119 e. The van der Waals surface area contributed by atoms with E-state index in [1.165, 1.54) is 37.7 Å². The predicted octanol–water partition coefficient (Wildman–Crippen LogP) is 5.02. The Kier molecular flexibility index (Phi) is 6.31. The molecule has 0 bridgehead atoms. The summed E-state index contributed by atoms with van der Waals surface area (Å²) in [4.78, 5) is 2.48. The first-order valence-electron chi connectivity index (χ1n) is 8.96. The maximum absolute atomic E-state index is 5.93. The average Bonchev–Trinajstić information content (AvgIpc) is 2.56. The Morgan fingerprint density at radius 2 is 1.73 bits per heavy atom. The molecule has 0 heterocycles. The van der Waals surface area contributed by atoms with E-state index in [1.54, 1.807) is 0 Å². The highest BCUT2D eigenvalue weighted by atomic mass is 16.5. The Bertz CT molecular complexity index is 432. The number of nitrogens with zero attached hydrogens (tertiary/aromatic N) is 1. The summed E-state index contributed by atoms with van der Waals surface area (Å²) in [7, 11) is 2.24. The van der Waals surface area contributed by atoms with Crippen LogP contribution < -0.4 is 4.74 Å². The second-order valence-corrected chi connectivity index (χ2v) is 7.38. The Balaban J connectivity index is 1.77. The van der Waals surface area contributed by atoms with Crippen LogP contribution in [0.15, 0.2) is 24.3 Å². The molecule has 2 nitrogen and oxygen atoms in total. The van der Waals surface area contributed by atoms with E-state index < -0.39 is 0 Å². The summed E-state index contributed by atoms with van der Waals surface area (Å²) in [6, 6.07) is 9.43. The van der Waals surface area contributed by atoms with E-state index in [2.05, 4.69) is 57.0 Å². The van der Waals surface area contributed by atoms with Crippen molar-refractivity contribution in [2.24, 2.45) is 0 Å². The van der Waals surface area contributed by atoms with Crippen molar-refractivity contribution in [1.82, 2.24) is 4.90 Å². The van der Waals surface area contributed by atoms with Gasteiger partial charge in [0, 0.05) is 12.6 Å². The molecule has 1 fully saturated rings. The van der Waals surface area contributed by atoms with Gasteiger partial charge < -0.3 is 9.64 Å². The molecule has 0 amide bonds. The second kappa shape index (κ2) is 8.01. The van der Waals surface area contributed by atoms with Gasteiger partial charge in [-0.15, -0.1) is 0 Å². The molecule has 0 aromatic heterocycles. The molecule has 1 saturated carbocycles. The first-order chi connectivity index (χ1) is 10.5. The van der Waals surface area contributed by atoms with Crippen molar-refractivity contribution >= 4 is 0 Å². The van der Waals surface area contributed by atoms with Gasteiger partial charge in [-0.1, -0.05) is 52.2 Å². The van der Waals surface area contributed by atoms with Crippen LogP contribution >= 0.6 is 0 Å². The van der Waals surface area contributed by atoms with Crippen LogP contribution in [0.4, 0.5) is 0 Å². The molecule has 0 saturated heterocycles. The fourth-order valence-electron chi connectivity index (χ4n) is 3.22. The highest BCUT2D eigenvalue weighted by molar-refractivity contribution is 5.31. The topological polar surface area (TPSA) is 12.5 Å². The summed E-state index contributed by atoms with van der Waals surface area (Å²) < 4.78 is 5.93. The number of hydrogen-bond acceptors (Lipinski definition) is 2. The molecule has 22 heavy (non-hydrogen) atoms. The summed E-state index contributed by atoms with van der Waals surface area (Å²) in [5, 5.41) is 0. The summed E-state index contributed by atoms with van der Waals surface area (Å²) in [5.41, 5.74) is 1.64. The van der Waals surface area contributed by atoms with E-state index in [0.29, 0.717) is 0 Å². The lowest BCUT2D eigenvalue weighted by atomic mass is 9.82. The van der Waals surface area contributed by atoms with Gasteiger partial charge >= 0.3 is 0 Å². The summed E-state index contributed by atoms with van der Waals surface area (Å²) in [6.07, 6.45) is 8.07. The van der Waals surface area contributed by atoms with Crippen LogP contribution in [0.1, 0.15) is 64.9 Å². The highest BCUT2D eigenvalue weighted by Crippen LogP contribution is 2.28. The van der Waals surface area contributed by atoms with Crippen molar-refractivity contribution in [3.8, 4) is 5.75 Å². The second-order valence-electron chi connectivity index (χ2n) is 7.38. The maximum Gasteiger partial charge on any atom is 0.119 e. The van der Waals surface area contributed by atoms with Gasteiger partial charge in [0.25, 0.3) is 0 Å². The van der Waals surface area contributed by atoms with Gasteiger partial charge in [-0.05, 0) is 49.4 Å². The van der Waals surface area contributed by atoms with E-state index in [1.807, 2.05) is 0 Å². The Morgan fingerprint density at radius 3 is 2.32 bits per heavy atom. The predicted molar refractivity (Wildman–Crippen MR) is 94.8 cm³/mol. The number of likely N-dealkylation sites (N-methyl/N-ethyl adjacent to an activating group) is 1. The molecule has 1 aliphatic carbocycles. The third kappa shape index (κ3) is 4.74. The first kappa shape index (κ1) is 17.3. The molecule has 0 atom stereocenters.